The number of aromatic nitrogens is 1. The summed E-state index contributed by atoms with van der Waals surface area (Å²) in [6.45, 7) is 8.67. The van der Waals surface area contributed by atoms with Gasteiger partial charge in [0, 0.05) is 13.1 Å². The molecule has 1 aromatic rings. The number of pyridine rings is 1. The van der Waals surface area contributed by atoms with Gasteiger partial charge in [-0.05, 0) is 50.3 Å². The minimum atomic E-state index is 0.203. The molecule has 2 rings (SSSR count). The van der Waals surface area contributed by atoms with Crippen molar-refractivity contribution in [1.82, 2.24) is 9.29 Å². The van der Waals surface area contributed by atoms with Crippen molar-refractivity contribution in [2.24, 2.45) is 5.92 Å². The Morgan fingerprint density at radius 1 is 1.47 bits per heavy atom. The summed E-state index contributed by atoms with van der Waals surface area (Å²) in [5, 5.41) is 1.05. The topological polar surface area (TPSA) is 25.4 Å². The first-order chi connectivity index (χ1) is 8.13. The second-order valence-corrected chi connectivity index (χ2v) is 5.99. The summed E-state index contributed by atoms with van der Waals surface area (Å²) in [7, 11) is 0. The van der Waals surface area contributed by atoms with Gasteiger partial charge in [0.25, 0.3) is 0 Å². The average molecular weight is 252 g/mol. The van der Waals surface area contributed by atoms with Crippen molar-refractivity contribution in [2.45, 2.75) is 38.3 Å². The largest absolute Gasteiger partial charge is 0.489 e. The zero-order valence-corrected chi connectivity index (χ0v) is 11.5. The quantitative estimate of drug-likeness (QED) is 0.768. The van der Waals surface area contributed by atoms with Crippen molar-refractivity contribution >= 4 is 11.9 Å². The maximum Gasteiger partial charge on any atom is 0.138 e. The fourth-order valence-corrected chi connectivity index (χ4v) is 2.89. The Labute approximate surface area is 108 Å². The van der Waals surface area contributed by atoms with E-state index in [4.69, 9.17) is 4.74 Å². The van der Waals surface area contributed by atoms with Gasteiger partial charge in [-0.2, -0.15) is 0 Å². The number of rotatable bonds is 4. The molecule has 0 aliphatic carbocycles. The van der Waals surface area contributed by atoms with Gasteiger partial charge in [-0.15, -0.1) is 0 Å². The van der Waals surface area contributed by atoms with Gasteiger partial charge in [-0.3, -0.25) is 0 Å². The van der Waals surface area contributed by atoms with Crippen LogP contribution in [0.4, 0.5) is 0 Å². The lowest BCUT2D eigenvalue weighted by atomic mass is 10.2. The van der Waals surface area contributed by atoms with Crippen molar-refractivity contribution in [1.29, 1.82) is 0 Å². The zero-order chi connectivity index (χ0) is 12.3. The first-order valence-electron chi connectivity index (χ1n) is 6.19. The highest BCUT2D eigenvalue weighted by Crippen LogP contribution is 2.28. The van der Waals surface area contributed by atoms with Gasteiger partial charge in [0.2, 0.25) is 0 Å². The molecule has 94 valence electrons. The molecule has 1 aromatic heterocycles. The molecule has 1 atom stereocenters. The number of nitrogens with zero attached hydrogens (tertiary/aromatic N) is 2. The van der Waals surface area contributed by atoms with E-state index >= 15 is 0 Å². The highest BCUT2D eigenvalue weighted by molar-refractivity contribution is 7.97. The van der Waals surface area contributed by atoms with Gasteiger partial charge in [0.1, 0.15) is 10.8 Å². The van der Waals surface area contributed by atoms with Gasteiger partial charge in [-0.1, -0.05) is 6.92 Å². The lowest BCUT2D eigenvalue weighted by Crippen LogP contribution is -2.11. The average Bonchev–Trinajstić information content (AvgIpc) is 2.66. The highest BCUT2D eigenvalue weighted by atomic mass is 32.2. The Morgan fingerprint density at radius 3 is 2.82 bits per heavy atom. The SMILES string of the molecule is CC(C)Oc1ccc(SN2CC[C@H](C)C2)nc1. The Morgan fingerprint density at radius 2 is 2.29 bits per heavy atom. The third-order valence-electron chi connectivity index (χ3n) is 2.69. The van der Waals surface area contributed by atoms with Crippen molar-refractivity contribution in [3.05, 3.63) is 18.3 Å². The van der Waals surface area contributed by atoms with E-state index in [2.05, 4.69) is 16.2 Å². The van der Waals surface area contributed by atoms with Crippen LogP contribution in [-0.2, 0) is 0 Å². The molecule has 0 aromatic carbocycles. The summed E-state index contributed by atoms with van der Waals surface area (Å²) in [5.41, 5.74) is 0. The smallest absolute Gasteiger partial charge is 0.138 e. The second-order valence-electron chi connectivity index (χ2n) is 4.87. The monoisotopic (exact) mass is 252 g/mol. The molecule has 0 saturated carbocycles. The van der Waals surface area contributed by atoms with E-state index in [1.807, 2.05) is 32.2 Å². The molecule has 1 saturated heterocycles. The molecule has 3 nitrogen and oxygen atoms in total. The van der Waals surface area contributed by atoms with E-state index in [0.29, 0.717) is 0 Å². The highest BCUT2D eigenvalue weighted by Gasteiger charge is 2.19. The van der Waals surface area contributed by atoms with E-state index in [1.54, 1.807) is 11.9 Å². The number of ether oxygens (including phenoxy) is 1. The van der Waals surface area contributed by atoms with Crippen LogP contribution in [0.5, 0.6) is 5.75 Å². The van der Waals surface area contributed by atoms with Gasteiger partial charge in [0.15, 0.2) is 0 Å². The van der Waals surface area contributed by atoms with E-state index < -0.39 is 0 Å². The summed E-state index contributed by atoms with van der Waals surface area (Å²) in [6, 6.07) is 4.03. The van der Waals surface area contributed by atoms with Crippen LogP contribution in [0.25, 0.3) is 0 Å². The minimum absolute atomic E-state index is 0.203. The van der Waals surface area contributed by atoms with Crippen LogP contribution < -0.4 is 4.74 Å². The first-order valence-corrected chi connectivity index (χ1v) is 6.96. The van der Waals surface area contributed by atoms with Crippen LogP contribution >= 0.6 is 11.9 Å². The molecular formula is C13H20N2OS. The predicted octanol–water partition coefficient (Wildman–Crippen LogP) is 3.22. The summed E-state index contributed by atoms with van der Waals surface area (Å²) >= 11 is 1.75. The maximum atomic E-state index is 5.57. The fourth-order valence-electron chi connectivity index (χ4n) is 1.87. The molecule has 1 aliphatic rings. The second kappa shape index (κ2) is 5.74. The summed E-state index contributed by atoms with van der Waals surface area (Å²) in [5.74, 6) is 1.66. The van der Waals surface area contributed by atoms with E-state index in [9.17, 15) is 0 Å². The molecule has 2 heterocycles. The predicted molar refractivity (Wildman–Crippen MR) is 71.2 cm³/mol. The van der Waals surface area contributed by atoms with Crippen LogP contribution in [0.1, 0.15) is 27.2 Å². The fraction of sp³-hybridized carbons (Fsp3) is 0.615. The van der Waals surface area contributed by atoms with Crippen molar-refractivity contribution in [3.8, 4) is 5.75 Å². The Balaban J connectivity index is 1.89. The van der Waals surface area contributed by atoms with Crippen molar-refractivity contribution in [3.63, 3.8) is 0 Å². The zero-order valence-electron chi connectivity index (χ0n) is 10.7. The molecule has 0 radical (unpaired) electrons. The van der Waals surface area contributed by atoms with Gasteiger partial charge >= 0.3 is 0 Å². The van der Waals surface area contributed by atoms with Crippen molar-refractivity contribution < 1.29 is 4.74 Å². The Bertz CT molecular complexity index is 353. The van der Waals surface area contributed by atoms with Gasteiger partial charge < -0.3 is 4.74 Å². The third-order valence-corrected chi connectivity index (χ3v) is 3.71. The number of hydrogen-bond acceptors (Lipinski definition) is 4. The number of hydrogen-bond donors (Lipinski definition) is 0. The minimum Gasteiger partial charge on any atom is -0.489 e. The van der Waals surface area contributed by atoms with Gasteiger partial charge in [-0.25, -0.2) is 9.29 Å². The van der Waals surface area contributed by atoms with Crippen LogP contribution in [0.15, 0.2) is 23.4 Å². The lowest BCUT2D eigenvalue weighted by molar-refractivity contribution is 0.241. The Hall–Kier alpha value is -0.740. The molecule has 0 spiro atoms. The molecule has 0 N–H and O–H groups in total. The maximum absolute atomic E-state index is 5.57. The molecule has 0 bridgehead atoms. The van der Waals surface area contributed by atoms with Crippen molar-refractivity contribution in [2.75, 3.05) is 13.1 Å². The van der Waals surface area contributed by atoms with Crippen LogP contribution in [0.3, 0.4) is 0 Å². The molecule has 0 amide bonds. The van der Waals surface area contributed by atoms with E-state index in [0.717, 1.165) is 29.8 Å². The third kappa shape index (κ3) is 3.89. The first kappa shape index (κ1) is 12.7. The molecule has 0 unspecified atom stereocenters. The van der Waals surface area contributed by atoms with Crippen LogP contribution in [-0.4, -0.2) is 28.5 Å². The molecule has 17 heavy (non-hydrogen) atoms. The standard InChI is InChI=1S/C13H20N2OS/c1-10(2)16-12-4-5-13(14-8-12)17-15-7-6-11(3)9-15/h4-5,8,10-11H,6-7,9H2,1-3H3/t11-/m0/s1. The summed E-state index contributed by atoms with van der Waals surface area (Å²) < 4.78 is 7.96. The normalized spacial score (nSPS) is 21.1. The molecule has 1 fully saturated rings. The van der Waals surface area contributed by atoms with Gasteiger partial charge in [0.05, 0.1) is 12.3 Å². The summed E-state index contributed by atoms with van der Waals surface area (Å²) in [6.07, 6.45) is 3.30. The Kier molecular flexibility index (Phi) is 4.29. The molecule has 1 aliphatic heterocycles. The van der Waals surface area contributed by atoms with Crippen LogP contribution in [0.2, 0.25) is 0 Å². The lowest BCUT2D eigenvalue weighted by Gasteiger charge is -2.14. The van der Waals surface area contributed by atoms with E-state index in [-0.39, 0.29) is 6.10 Å². The molecule has 4 heteroatoms. The molecular weight excluding hydrogens is 232 g/mol. The van der Waals surface area contributed by atoms with E-state index in [1.165, 1.54) is 6.42 Å². The van der Waals surface area contributed by atoms with Crippen LogP contribution in [0, 0.1) is 5.92 Å². The summed E-state index contributed by atoms with van der Waals surface area (Å²) in [4.78, 5) is 4.42.